The van der Waals surface area contributed by atoms with E-state index in [1.807, 2.05) is 19.4 Å². The molecule has 0 amide bonds. The quantitative estimate of drug-likeness (QED) is 0.798. The van der Waals surface area contributed by atoms with Crippen molar-refractivity contribution in [3.63, 3.8) is 0 Å². The molecule has 78 valence electrons. The van der Waals surface area contributed by atoms with Crippen LogP contribution in [0.4, 0.5) is 0 Å². The van der Waals surface area contributed by atoms with Crippen LogP contribution in [0.5, 0.6) is 0 Å². The van der Waals surface area contributed by atoms with E-state index in [2.05, 4.69) is 14.5 Å². The van der Waals surface area contributed by atoms with E-state index in [0.29, 0.717) is 12.5 Å². The third kappa shape index (κ3) is 1.33. The van der Waals surface area contributed by atoms with E-state index in [-0.39, 0.29) is 0 Å². The lowest BCUT2D eigenvalue weighted by atomic mass is 10.2. The molecule has 3 rings (SSSR count). The first kappa shape index (κ1) is 8.85. The summed E-state index contributed by atoms with van der Waals surface area (Å²) in [6.07, 6.45) is 4.35. The Morgan fingerprint density at radius 2 is 2.33 bits per heavy atom. The Labute approximate surface area is 88.1 Å². The number of hydrogen-bond acceptors (Lipinski definition) is 3. The smallest absolute Gasteiger partial charge is 0.0956 e. The van der Waals surface area contributed by atoms with Crippen molar-refractivity contribution in [2.75, 3.05) is 0 Å². The van der Waals surface area contributed by atoms with Crippen LogP contribution < -0.4 is 5.73 Å². The van der Waals surface area contributed by atoms with Crippen molar-refractivity contribution in [3.05, 3.63) is 23.8 Å². The molecule has 2 N–H and O–H groups in total. The number of nitrogens with two attached hydrogens (primary N) is 1. The molecular formula is C11H14N4. The summed E-state index contributed by atoms with van der Waals surface area (Å²) in [5, 5.41) is 0. The minimum Gasteiger partial charge on any atom is -0.332 e. The summed E-state index contributed by atoms with van der Waals surface area (Å²) < 4.78 is 2.05. The molecule has 0 radical (unpaired) electrons. The van der Waals surface area contributed by atoms with Gasteiger partial charge in [-0.05, 0) is 18.9 Å². The van der Waals surface area contributed by atoms with Crippen LogP contribution in [0.15, 0.2) is 12.4 Å². The molecule has 4 nitrogen and oxygen atoms in total. The lowest BCUT2D eigenvalue weighted by molar-refractivity contribution is 0.900. The van der Waals surface area contributed by atoms with Crippen LogP contribution in [0.25, 0.3) is 11.0 Å². The van der Waals surface area contributed by atoms with Gasteiger partial charge in [0, 0.05) is 19.5 Å². The Balaban J connectivity index is 2.30. The number of imidazole rings is 1. The Morgan fingerprint density at radius 3 is 3.00 bits per heavy atom. The van der Waals surface area contributed by atoms with Gasteiger partial charge in [-0.3, -0.25) is 4.98 Å². The average Bonchev–Trinajstić information content (AvgIpc) is 3.03. The fourth-order valence-electron chi connectivity index (χ4n) is 2.01. The zero-order valence-corrected chi connectivity index (χ0v) is 8.77. The largest absolute Gasteiger partial charge is 0.332 e. The molecule has 1 fully saturated rings. The average molecular weight is 202 g/mol. The zero-order valence-electron chi connectivity index (χ0n) is 8.77. The maximum Gasteiger partial charge on any atom is 0.0956 e. The third-order valence-corrected chi connectivity index (χ3v) is 2.95. The van der Waals surface area contributed by atoms with Crippen molar-refractivity contribution in [2.24, 2.45) is 12.8 Å². The molecule has 0 unspecified atom stereocenters. The summed E-state index contributed by atoms with van der Waals surface area (Å²) >= 11 is 0. The lowest BCUT2D eigenvalue weighted by Crippen LogP contribution is -2.03. The highest BCUT2D eigenvalue weighted by Gasteiger charge is 2.28. The molecule has 0 aliphatic heterocycles. The van der Waals surface area contributed by atoms with Gasteiger partial charge >= 0.3 is 0 Å². The van der Waals surface area contributed by atoms with Crippen LogP contribution in [-0.4, -0.2) is 14.5 Å². The van der Waals surface area contributed by atoms with E-state index in [4.69, 9.17) is 5.73 Å². The number of nitrogens with zero attached hydrogens (tertiary/aromatic N) is 3. The van der Waals surface area contributed by atoms with Crippen LogP contribution in [0.2, 0.25) is 0 Å². The molecule has 0 atom stereocenters. The maximum atomic E-state index is 5.64. The topological polar surface area (TPSA) is 56.7 Å². The molecule has 1 aliphatic rings. The monoisotopic (exact) mass is 202 g/mol. The van der Waals surface area contributed by atoms with Gasteiger partial charge in [0.05, 0.1) is 28.7 Å². The fourth-order valence-corrected chi connectivity index (χ4v) is 2.01. The molecule has 15 heavy (non-hydrogen) atoms. The Kier molecular flexibility index (Phi) is 1.79. The molecule has 0 bridgehead atoms. The number of rotatable bonds is 2. The minimum atomic E-state index is 0.492. The molecule has 1 saturated carbocycles. The third-order valence-electron chi connectivity index (χ3n) is 2.95. The predicted octanol–water partition coefficient (Wildman–Crippen LogP) is 1.30. The lowest BCUT2D eigenvalue weighted by Gasteiger charge is -2.05. The molecule has 1 aliphatic carbocycles. The molecule has 0 saturated heterocycles. The van der Waals surface area contributed by atoms with Crippen LogP contribution in [0.3, 0.4) is 0 Å². The number of pyridine rings is 1. The van der Waals surface area contributed by atoms with Crippen LogP contribution >= 0.6 is 0 Å². The summed E-state index contributed by atoms with van der Waals surface area (Å²) in [6.45, 7) is 0.492. The van der Waals surface area contributed by atoms with Gasteiger partial charge in [-0.25, -0.2) is 4.98 Å². The number of hydrogen-bond donors (Lipinski definition) is 1. The first-order valence-corrected chi connectivity index (χ1v) is 5.30. The zero-order chi connectivity index (χ0) is 10.4. The van der Waals surface area contributed by atoms with Gasteiger partial charge in [-0.2, -0.15) is 0 Å². The van der Waals surface area contributed by atoms with E-state index >= 15 is 0 Å². The second kappa shape index (κ2) is 3.03. The van der Waals surface area contributed by atoms with Gasteiger partial charge in [0.15, 0.2) is 0 Å². The van der Waals surface area contributed by atoms with Gasteiger partial charge in [-0.15, -0.1) is 0 Å². The minimum absolute atomic E-state index is 0.492. The second-order valence-electron chi connectivity index (χ2n) is 4.20. The highest BCUT2D eigenvalue weighted by Crippen LogP contribution is 2.41. The van der Waals surface area contributed by atoms with E-state index in [9.17, 15) is 0 Å². The number of aryl methyl sites for hydroxylation is 1. The number of fused-ring (bicyclic) bond motifs is 1. The van der Waals surface area contributed by atoms with E-state index in [0.717, 1.165) is 11.2 Å². The number of aromatic nitrogens is 3. The maximum absolute atomic E-state index is 5.64. The first-order chi connectivity index (χ1) is 7.29. The molecule has 0 spiro atoms. The van der Waals surface area contributed by atoms with Crippen LogP contribution in [0, 0.1) is 0 Å². The molecular weight excluding hydrogens is 188 g/mol. The fraction of sp³-hybridized carbons (Fsp3) is 0.455. The second-order valence-corrected chi connectivity index (χ2v) is 4.20. The standard InChI is InChI=1S/C11H14N4/c1-15-6-13-9-4-8(5-12)14-10(11(9)15)7-2-3-7/h4,6-7H,2-3,5,12H2,1H3. The van der Waals surface area contributed by atoms with Crippen molar-refractivity contribution in [3.8, 4) is 0 Å². The van der Waals surface area contributed by atoms with E-state index in [1.165, 1.54) is 24.1 Å². The van der Waals surface area contributed by atoms with Crippen molar-refractivity contribution in [2.45, 2.75) is 25.3 Å². The molecule has 2 aromatic heterocycles. The van der Waals surface area contributed by atoms with Crippen molar-refractivity contribution in [1.29, 1.82) is 0 Å². The van der Waals surface area contributed by atoms with Crippen molar-refractivity contribution in [1.82, 2.24) is 14.5 Å². The molecule has 2 heterocycles. The summed E-state index contributed by atoms with van der Waals surface area (Å²) in [4.78, 5) is 8.99. The van der Waals surface area contributed by atoms with Crippen molar-refractivity contribution < 1.29 is 0 Å². The summed E-state index contributed by atoms with van der Waals surface area (Å²) in [5.41, 5.74) is 9.97. The van der Waals surface area contributed by atoms with E-state index in [1.54, 1.807) is 0 Å². The Bertz CT molecular complexity index is 511. The highest BCUT2D eigenvalue weighted by molar-refractivity contribution is 5.79. The molecule has 2 aromatic rings. The first-order valence-electron chi connectivity index (χ1n) is 5.30. The van der Waals surface area contributed by atoms with Gasteiger partial charge in [-0.1, -0.05) is 0 Å². The summed E-state index contributed by atoms with van der Waals surface area (Å²) in [7, 11) is 2.02. The molecule has 4 heteroatoms. The van der Waals surface area contributed by atoms with Crippen LogP contribution in [0.1, 0.15) is 30.1 Å². The van der Waals surface area contributed by atoms with Gasteiger partial charge in [0.1, 0.15) is 0 Å². The van der Waals surface area contributed by atoms with Crippen LogP contribution in [-0.2, 0) is 13.6 Å². The Hall–Kier alpha value is -1.42. The van der Waals surface area contributed by atoms with Gasteiger partial charge in [0.25, 0.3) is 0 Å². The summed E-state index contributed by atoms with van der Waals surface area (Å²) in [5.74, 6) is 0.634. The van der Waals surface area contributed by atoms with E-state index < -0.39 is 0 Å². The summed E-state index contributed by atoms with van der Waals surface area (Å²) in [6, 6.07) is 1.99. The molecule has 0 aromatic carbocycles. The highest BCUT2D eigenvalue weighted by atomic mass is 15.0. The SMILES string of the molecule is Cn1cnc2cc(CN)nc(C3CC3)c21. The van der Waals surface area contributed by atoms with Crippen molar-refractivity contribution >= 4 is 11.0 Å². The predicted molar refractivity (Wildman–Crippen MR) is 58.4 cm³/mol. The van der Waals surface area contributed by atoms with Gasteiger partial charge in [0.2, 0.25) is 0 Å². The Morgan fingerprint density at radius 1 is 1.53 bits per heavy atom. The van der Waals surface area contributed by atoms with Gasteiger partial charge < -0.3 is 10.3 Å². The normalized spacial score (nSPS) is 16.1.